The monoisotopic (exact) mass is 516 g/mol. The van der Waals surface area contributed by atoms with Gasteiger partial charge in [-0.25, -0.2) is 0 Å². The minimum atomic E-state index is -0.382. The lowest BCUT2D eigenvalue weighted by Gasteiger charge is -2.44. The summed E-state index contributed by atoms with van der Waals surface area (Å²) in [6.45, 7) is 2.83. The van der Waals surface area contributed by atoms with Crippen molar-refractivity contribution in [1.82, 2.24) is 4.90 Å². The van der Waals surface area contributed by atoms with Gasteiger partial charge in [0.2, 0.25) is 0 Å². The molecule has 6 atom stereocenters. The van der Waals surface area contributed by atoms with Crippen LogP contribution in [0.2, 0.25) is 0 Å². The van der Waals surface area contributed by atoms with Crippen LogP contribution < -0.4 is 9.47 Å². The van der Waals surface area contributed by atoms with E-state index in [4.69, 9.17) is 33.4 Å². The van der Waals surface area contributed by atoms with E-state index in [1.165, 1.54) is 0 Å². The molecule has 2 aliphatic heterocycles. The first kappa shape index (κ1) is 26.8. The molecule has 0 amide bonds. The lowest BCUT2D eigenvalue weighted by molar-refractivity contribution is -0.221. The van der Waals surface area contributed by atoms with Crippen LogP contribution in [0.25, 0.3) is 0 Å². The maximum absolute atomic E-state index is 6.59. The Morgan fingerprint density at radius 1 is 0.861 bits per heavy atom. The number of aliphatic imine (C=N–C) groups is 1. The molecule has 2 aromatic rings. The SMILES string of the molecule is COc1ccc(CO[C@@H]2[C@H]3N=C(N(C)C)S[C@H]3O[C@H](C(C)OC)[C@H]2OCc2ccc(OC)cc2)cc1. The molecule has 4 rings (SSSR count). The molecule has 1 saturated heterocycles. The predicted molar refractivity (Wildman–Crippen MR) is 141 cm³/mol. The molecule has 0 saturated carbocycles. The van der Waals surface area contributed by atoms with Gasteiger partial charge in [-0.2, -0.15) is 0 Å². The molecule has 1 unspecified atom stereocenters. The first-order valence-electron chi connectivity index (χ1n) is 12.0. The summed E-state index contributed by atoms with van der Waals surface area (Å²) in [6, 6.07) is 15.6. The first-order valence-corrected chi connectivity index (χ1v) is 12.9. The van der Waals surface area contributed by atoms with Crippen molar-refractivity contribution in [2.75, 3.05) is 35.4 Å². The van der Waals surface area contributed by atoms with Crippen LogP contribution in [0, 0.1) is 0 Å². The molecule has 8 nitrogen and oxygen atoms in total. The van der Waals surface area contributed by atoms with E-state index in [1.807, 2.05) is 74.4 Å². The number of thioether (sulfide) groups is 1. The second-order valence-electron chi connectivity index (χ2n) is 9.07. The Kier molecular flexibility index (Phi) is 9.14. The van der Waals surface area contributed by atoms with E-state index in [1.54, 1.807) is 33.1 Å². The van der Waals surface area contributed by atoms with Gasteiger partial charge in [0.25, 0.3) is 0 Å². The molecule has 0 radical (unpaired) electrons. The third-order valence-electron chi connectivity index (χ3n) is 6.46. The van der Waals surface area contributed by atoms with Crippen molar-refractivity contribution in [3.05, 3.63) is 59.7 Å². The number of ether oxygens (including phenoxy) is 6. The highest BCUT2D eigenvalue weighted by atomic mass is 32.2. The fourth-order valence-electron chi connectivity index (χ4n) is 4.29. The highest BCUT2D eigenvalue weighted by molar-refractivity contribution is 8.14. The molecule has 2 aliphatic rings. The third kappa shape index (κ3) is 6.15. The molecule has 0 bridgehead atoms. The Morgan fingerprint density at radius 3 is 1.86 bits per heavy atom. The van der Waals surface area contributed by atoms with E-state index in [0.29, 0.717) is 13.2 Å². The largest absolute Gasteiger partial charge is 0.497 e. The van der Waals surface area contributed by atoms with Crippen molar-refractivity contribution in [3.63, 3.8) is 0 Å². The maximum atomic E-state index is 6.59. The van der Waals surface area contributed by atoms with Gasteiger partial charge in [0.15, 0.2) is 5.17 Å². The lowest BCUT2D eigenvalue weighted by atomic mass is 9.94. The molecular formula is C27H36N2O6S. The van der Waals surface area contributed by atoms with Gasteiger partial charge in [-0.3, -0.25) is 4.99 Å². The zero-order valence-corrected chi connectivity index (χ0v) is 22.6. The molecule has 0 aliphatic carbocycles. The fourth-order valence-corrected chi connectivity index (χ4v) is 5.43. The number of hydrogen-bond acceptors (Lipinski definition) is 9. The van der Waals surface area contributed by atoms with E-state index in [2.05, 4.69) is 0 Å². The van der Waals surface area contributed by atoms with Crippen molar-refractivity contribution >= 4 is 16.9 Å². The average molecular weight is 517 g/mol. The lowest BCUT2D eigenvalue weighted by Crippen LogP contribution is -2.59. The van der Waals surface area contributed by atoms with Gasteiger partial charge in [0.1, 0.15) is 41.3 Å². The standard InChI is InChI=1S/C27H36N2O6S/c1-17(30-4)23-25(34-16-19-9-13-21(32-6)14-10-19)24(22-26(35-23)36-27(28-22)29(2)3)33-15-18-7-11-20(31-5)12-8-18/h7-14,17,22-26H,15-16H2,1-6H3/t17?,22-,23-,24-,25-,26-/m1/s1. The number of fused-ring (bicyclic) bond motifs is 1. The Labute approximate surface area is 217 Å². The Hall–Kier alpha value is -2.30. The molecule has 0 spiro atoms. The molecule has 2 heterocycles. The summed E-state index contributed by atoms with van der Waals surface area (Å²) >= 11 is 1.62. The van der Waals surface area contributed by atoms with Gasteiger partial charge in [0.05, 0.1) is 33.5 Å². The van der Waals surface area contributed by atoms with Crippen LogP contribution in [0.1, 0.15) is 18.1 Å². The molecule has 196 valence electrons. The van der Waals surface area contributed by atoms with E-state index >= 15 is 0 Å². The normalized spacial score (nSPS) is 26.2. The predicted octanol–water partition coefficient (Wildman–Crippen LogP) is 3.97. The topological polar surface area (TPSA) is 71.0 Å². The van der Waals surface area contributed by atoms with Crippen LogP contribution in [0.5, 0.6) is 11.5 Å². The Balaban J connectivity index is 1.59. The third-order valence-corrected chi connectivity index (χ3v) is 7.76. The molecule has 2 aromatic carbocycles. The van der Waals surface area contributed by atoms with Crippen LogP contribution in [0.3, 0.4) is 0 Å². The Morgan fingerprint density at radius 2 is 1.39 bits per heavy atom. The minimum absolute atomic E-state index is 0.174. The van der Waals surface area contributed by atoms with Crippen LogP contribution in [-0.2, 0) is 32.2 Å². The van der Waals surface area contributed by atoms with Crippen molar-refractivity contribution in [3.8, 4) is 11.5 Å². The van der Waals surface area contributed by atoms with Crippen LogP contribution >= 0.6 is 11.8 Å². The van der Waals surface area contributed by atoms with Gasteiger partial charge in [-0.05, 0) is 42.3 Å². The van der Waals surface area contributed by atoms with Crippen molar-refractivity contribution in [2.24, 2.45) is 4.99 Å². The summed E-state index contributed by atoms with van der Waals surface area (Å²) in [7, 11) is 8.99. The summed E-state index contributed by atoms with van der Waals surface area (Å²) in [5, 5.41) is 0.919. The number of methoxy groups -OCH3 is 3. The van der Waals surface area contributed by atoms with E-state index in [0.717, 1.165) is 27.8 Å². The fraction of sp³-hybridized carbons (Fsp3) is 0.519. The minimum Gasteiger partial charge on any atom is -0.497 e. The van der Waals surface area contributed by atoms with Crippen molar-refractivity contribution < 1.29 is 28.4 Å². The summed E-state index contributed by atoms with van der Waals surface area (Å²) in [4.78, 5) is 6.99. The molecule has 36 heavy (non-hydrogen) atoms. The summed E-state index contributed by atoms with van der Waals surface area (Å²) in [6.07, 6.45) is -1.22. The number of benzene rings is 2. The van der Waals surface area contributed by atoms with Gasteiger partial charge < -0.3 is 33.3 Å². The molecule has 0 aromatic heterocycles. The van der Waals surface area contributed by atoms with Gasteiger partial charge in [-0.15, -0.1) is 0 Å². The molecule has 0 N–H and O–H groups in total. The zero-order valence-electron chi connectivity index (χ0n) is 21.7. The first-order chi connectivity index (χ1) is 17.4. The highest BCUT2D eigenvalue weighted by Gasteiger charge is 2.52. The molecular weight excluding hydrogens is 480 g/mol. The molecule has 9 heteroatoms. The number of nitrogens with zero attached hydrogens (tertiary/aromatic N) is 2. The summed E-state index contributed by atoms with van der Waals surface area (Å²) in [5.41, 5.74) is 1.91. The number of hydrogen-bond donors (Lipinski definition) is 0. The van der Waals surface area contributed by atoms with Crippen LogP contribution in [-0.4, -0.2) is 81.4 Å². The van der Waals surface area contributed by atoms with Crippen molar-refractivity contribution in [1.29, 1.82) is 0 Å². The molecule has 1 fully saturated rings. The second kappa shape index (κ2) is 12.3. The van der Waals surface area contributed by atoms with Gasteiger partial charge in [0, 0.05) is 21.2 Å². The summed E-state index contributed by atoms with van der Waals surface area (Å²) in [5.74, 6) is 1.62. The Bertz CT molecular complexity index is 1000. The highest BCUT2D eigenvalue weighted by Crippen LogP contribution is 2.41. The van der Waals surface area contributed by atoms with Crippen LogP contribution in [0.15, 0.2) is 53.5 Å². The summed E-state index contributed by atoms with van der Waals surface area (Å²) < 4.78 is 36.0. The van der Waals surface area contributed by atoms with Gasteiger partial charge in [-0.1, -0.05) is 36.0 Å². The zero-order chi connectivity index (χ0) is 25.7. The average Bonchev–Trinajstić information content (AvgIpc) is 3.35. The number of amidine groups is 1. The van der Waals surface area contributed by atoms with Crippen LogP contribution in [0.4, 0.5) is 0 Å². The maximum Gasteiger partial charge on any atom is 0.161 e. The second-order valence-corrected chi connectivity index (χ2v) is 10.1. The van der Waals surface area contributed by atoms with E-state index < -0.39 is 0 Å². The number of rotatable bonds is 10. The van der Waals surface area contributed by atoms with E-state index in [9.17, 15) is 0 Å². The van der Waals surface area contributed by atoms with Gasteiger partial charge >= 0.3 is 0 Å². The van der Waals surface area contributed by atoms with E-state index in [-0.39, 0.29) is 35.9 Å². The smallest absolute Gasteiger partial charge is 0.161 e. The van der Waals surface area contributed by atoms with Crippen molar-refractivity contribution in [2.45, 2.75) is 56.0 Å². The quantitative estimate of drug-likeness (QED) is 0.470.